The summed E-state index contributed by atoms with van der Waals surface area (Å²) in [5.41, 5.74) is 5.71. The molecule has 9 heteroatoms. The Morgan fingerprint density at radius 1 is 1.06 bits per heavy atom. The highest BCUT2D eigenvalue weighted by Crippen LogP contribution is 2.27. The topological polar surface area (TPSA) is 79.5 Å². The predicted octanol–water partition coefficient (Wildman–Crippen LogP) is 4.37. The molecule has 0 fully saturated rings. The molecule has 0 aliphatic carbocycles. The number of rotatable bonds is 5. The zero-order chi connectivity index (χ0) is 22.2. The Morgan fingerprint density at radius 3 is 2.65 bits per heavy atom. The second kappa shape index (κ2) is 10.9. The van der Waals surface area contributed by atoms with Crippen molar-refractivity contribution >= 4 is 73.5 Å². The number of benzene rings is 3. The number of nitrogens with one attached hydrogen (secondary N) is 3. The summed E-state index contributed by atoms with van der Waals surface area (Å²) in [7, 11) is 0. The number of thiocarbonyl (C=S) groups is 1. The monoisotopic (exact) mass is 517 g/mol. The second-order valence-corrected chi connectivity index (χ2v) is 7.96. The van der Waals surface area contributed by atoms with Gasteiger partial charge in [0.05, 0.1) is 4.47 Å². The largest absolute Gasteiger partial charge is 0.483 e. The average Bonchev–Trinajstić information content (AvgIpc) is 2.75. The number of carbonyl (C=O) groups excluding carboxylic acids is 2. The molecular formula is C22H17BrClN3O3S. The molecule has 0 aliphatic heterocycles. The van der Waals surface area contributed by atoms with Gasteiger partial charge in [0.15, 0.2) is 11.7 Å². The van der Waals surface area contributed by atoms with Gasteiger partial charge in [0, 0.05) is 11.1 Å². The Labute approximate surface area is 197 Å². The Hall–Kier alpha value is -2.94. The summed E-state index contributed by atoms with van der Waals surface area (Å²) in [6, 6.07) is 18.7. The predicted molar refractivity (Wildman–Crippen MR) is 130 cm³/mol. The zero-order valence-corrected chi connectivity index (χ0v) is 19.2. The normalized spacial score (nSPS) is 10.6. The molecule has 0 atom stereocenters. The van der Waals surface area contributed by atoms with Crippen molar-refractivity contribution in [1.82, 2.24) is 16.2 Å². The lowest BCUT2D eigenvalue weighted by Crippen LogP contribution is -2.49. The first-order valence-corrected chi connectivity index (χ1v) is 10.6. The molecule has 3 rings (SSSR count). The van der Waals surface area contributed by atoms with Gasteiger partial charge in [-0.1, -0.05) is 54.1 Å². The van der Waals surface area contributed by atoms with E-state index in [0.717, 1.165) is 16.3 Å². The average molecular weight is 519 g/mol. The zero-order valence-electron chi connectivity index (χ0n) is 16.0. The molecule has 0 unspecified atom stereocenters. The molecule has 0 radical (unpaired) electrons. The molecule has 0 spiro atoms. The van der Waals surface area contributed by atoms with Gasteiger partial charge in [-0.25, -0.2) is 0 Å². The van der Waals surface area contributed by atoms with E-state index in [4.69, 9.17) is 28.6 Å². The van der Waals surface area contributed by atoms with Crippen molar-refractivity contribution < 1.29 is 14.3 Å². The molecule has 6 nitrogen and oxygen atoms in total. The van der Waals surface area contributed by atoms with Crippen molar-refractivity contribution in [3.8, 4) is 5.75 Å². The number of hydrogen-bond acceptors (Lipinski definition) is 4. The van der Waals surface area contributed by atoms with Gasteiger partial charge < -0.3 is 4.74 Å². The molecule has 0 bridgehead atoms. The molecule has 0 saturated carbocycles. The van der Waals surface area contributed by atoms with Gasteiger partial charge >= 0.3 is 0 Å². The fourth-order valence-corrected chi connectivity index (χ4v) is 3.59. The standard InChI is InChI=1S/C22H17BrClN3O3S/c23-18-12-16(24)9-10-19(18)30-13-21(29)26-27-22(31)25-20(28)11-8-15-6-3-5-14-4-1-2-7-17(14)15/h1-12H,13H2,(H,26,29)(H2,25,27,28,31)/b11-8+. The highest BCUT2D eigenvalue weighted by atomic mass is 79.9. The Kier molecular flexibility index (Phi) is 8.00. The van der Waals surface area contributed by atoms with E-state index >= 15 is 0 Å². The van der Waals surface area contributed by atoms with Crippen LogP contribution in [-0.4, -0.2) is 23.5 Å². The first-order chi connectivity index (χ1) is 14.9. The van der Waals surface area contributed by atoms with Gasteiger partial charge in [-0.3, -0.25) is 25.8 Å². The molecule has 0 aliphatic rings. The summed E-state index contributed by atoms with van der Waals surface area (Å²) in [5, 5.41) is 5.07. The maximum Gasteiger partial charge on any atom is 0.276 e. The van der Waals surface area contributed by atoms with Crippen LogP contribution in [0.3, 0.4) is 0 Å². The van der Waals surface area contributed by atoms with Crippen molar-refractivity contribution in [3.63, 3.8) is 0 Å². The van der Waals surface area contributed by atoms with Crippen molar-refractivity contribution in [2.45, 2.75) is 0 Å². The van der Waals surface area contributed by atoms with Crippen molar-refractivity contribution in [2.75, 3.05) is 6.61 Å². The van der Waals surface area contributed by atoms with Gasteiger partial charge in [0.2, 0.25) is 5.91 Å². The van der Waals surface area contributed by atoms with Crippen molar-refractivity contribution in [1.29, 1.82) is 0 Å². The Bertz CT molecular complexity index is 1160. The number of hydrazine groups is 1. The van der Waals surface area contributed by atoms with Crippen LogP contribution in [0.25, 0.3) is 16.8 Å². The fraction of sp³-hybridized carbons (Fsp3) is 0.0455. The van der Waals surface area contributed by atoms with E-state index in [2.05, 4.69) is 32.1 Å². The number of carbonyl (C=O) groups is 2. The van der Waals surface area contributed by atoms with E-state index in [1.54, 1.807) is 24.3 Å². The number of fused-ring (bicyclic) bond motifs is 1. The smallest absolute Gasteiger partial charge is 0.276 e. The quantitative estimate of drug-likeness (QED) is 0.266. The molecule has 3 aromatic rings. The van der Waals surface area contributed by atoms with Crippen LogP contribution < -0.4 is 20.9 Å². The third-order valence-corrected chi connectivity index (χ3v) is 5.10. The van der Waals surface area contributed by atoms with Crippen LogP contribution in [0.2, 0.25) is 5.02 Å². The summed E-state index contributed by atoms with van der Waals surface area (Å²) in [4.78, 5) is 24.0. The lowest BCUT2D eigenvalue weighted by molar-refractivity contribution is -0.123. The lowest BCUT2D eigenvalue weighted by atomic mass is 10.0. The number of halogens is 2. The first kappa shape index (κ1) is 22.7. The van der Waals surface area contributed by atoms with Crippen molar-refractivity contribution in [3.05, 3.63) is 81.8 Å². The van der Waals surface area contributed by atoms with Gasteiger partial charge in [-0.05, 0) is 68.8 Å². The minimum absolute atomic E-state index is 0.0476. The minimum atomic E-state index is -0.482. The van der Waals surface area contributed by atoms with Gasteiger partial charge in [-0.15, -0.1) is 0 Å². The number of amides is 2. The van der Waals surface area contributed by atoms with Crippen molar-refractivity contribution in [2.24, 2.45) is 0 Å². The molecule has 0 aromatic heterocycles. The molecule has 0 saturated heterocycles. The third kappa shape index (κ3) is 6.78. The van der Waals surface area contributed by atoms with Crippen LogP contribution in [0.1, 0.15) is 5.56 Å². The third-order valence-electron chi connectivity index (χ3n) is 4.04. The molecular weight excluding hydrogens is 502 g/mol. The minimum Gasteiger partial charge on any atom is -0.483 e. The van der Waals surface area contributed by atoms with Crippen LogP contribution in [0.5, 0.6) is 5.75 Å². The summed E-state index contributed by atoms with van der Waals surface area (Å²) >= 11 is 14.2. The van der Waals surface area contributed by atoms with Gasteiger partial charge in [0.25, 0.3) is 5.91 Å². The molecule has 31 heavy (non-hydrogen) atoms. The number of ether oxygens (including phenoxy) is 1. The summed E-state index contributed by atoms with van der Waals surface area (Å²) in [5.74, 6) is -0.445. The van der Waals surface area contributed by atoms with Gasteiger partial charge in [0.1, 0.15) is 5.75 Å². The van der Waals surface area contributed by atoms with E-state index in [-0.39, 0.29) is 11.7 Å². The number of hydrogen-bond donors (Lipinski definition) is 3. The van der Waals surface area contributed by atoms with Crippen LogP contribution in [0.15, 0.2) is 71.2 Å². The first-order valence-electron chi connectivity index (χ1n) is 9.06. The SMILES string of the molecule is O=C(/C=C/c1cccc2ccccc12)NC(=S)NNC(=O)COc1ccc(Cl)cc1Br. The maximum atomic E-state index is 12.1. The summed E-state index contributed by atoms with van der Waals surface area (Å²) < 4.78 is 6.02. The molecule has 2 amide bonds. The van der Waals surface area contributed by atoms with Crippen LogP contribution in [0, 0.1) is 0 Å². The summed E-state index contributed by atoms with van der Waals surface area (Å²) in [6.07, 6.45) is 3.08. The summed E-state index contributed by atoms with van der Waals surface area (Å²) in [6.45, 7) is -0.259. The van der Waals surface area contributed by atoms with E-state index < -0.39 is 11.8 Å². The maximum absolute atomic E-state index is 12.1. The van der Waals surface area contributed by atoms with E-state index in [9.17, 15) is 9.59 Å². The molecule has 3 aromatic carbocycles. The molecule has 0 heterocycles. The van der Waals surface area contributed by atoms with E-state index in [0.29, 0.717) is 15.2 Å². The Morgan fingerprint density at radius 2 is 1.84 bits per heavy atom. The second-order valence-electron chi connectivity index (χ2n) is 6.26. The lowest BCUT2D eigenvalue weighted by Gasteiger charge is -2.11. The van der Waals surface area contributed by atoms with E-state index in [1.807, 2.05) is 42.5 Å². The Balaban J connectivity index is 1.45. The fourth-order valence-electron chi connectivity index (χ4n) is 2.64. The van der Waals surface area contributed by atoms with Crippen LogP contribution >= 0.6 is 39.7 Å². The van der Waals surface area contributed by atoms with E-state index in [1.165, 1.54) is 6.08 Å². The highest BCUT2D eigenvalue weighted by molar-refractivity contribution is 9.10. The highest BCUT2D eigenvalue weighted by Gasteiger charge is 2.07. The molecule has 3 N–H and O–H groups in total. The molecule has 158 valence electrons. The van der Waals surface area contributed by atoms with Gasteiger partial charge in [-0.2, -0.15) is 0 Å². The van der Waals surface area contributed by atoms with Crippen LogP contribution in [0.4, 0.5) is 0 Å². The van der Waals surface area contributed by atoms with Crippen LogP contribution in [-0.2, 0) is 9.59 Å².